The van der Waals surface area contributed by atoms with E-state index in [9.17, 15) is 8.42 Å². The molecule has 2 aromatic rings. The van der Waals surface area contributed by atoms with Crippen LogP contribution in [0.2, 0.25) is 0 Å². The second-order valence-corrected chi connectivity index (χ2v) is 7.96. The third-order valence-electron chi connectivity index (χ3n) is 3.85. The van der Waals surface area contributed by atoms with E-state index in [0.29, 0.717) is 17.4 Å². The van der Waals surface area contributed by atoms with E-state index in [2.05, 4.69) is 23.9 Å². The van der Waals surface area contributed by atoms with Gasteiger partial charge in [0, 0.05) is 24.0 Å². The fourth-order valence-corrected chi connectivity index (χ4v) is 3.61. The topological polar surface area (TPSA) is 76.7 Å². The Morgan fingerprint density at radius 2 is 1.62 bits per heavy atom. The van der Waals surface area contributed by atoms with Crippen LogP contribution in [0, 0.1) is 5.92 Å². The summed E-state index contributed by atoms with van der Waals surface area (Å²) in [6.07, 6.45) is 1.07. The minimum absolute atomic E-state index is 0.0264. The lowest BCUT2D eigenvalue weighted by Gasteiger charge is -2.13. The van der Waals surface area contributed by atoms with E-state index in [1.54, 1.807) is 24.3 Å². The molecule has 0 spiro atoms. The zero-order chi connectivity index (χ0) is 19.2. The number of ether oxygens (including phenoxy) is 2. The molecule has 6 nitrogen and oxygen atoms in total. The third kappa shape index (κ3) is 5.29. The molecule has 7 heteroatoms. The van der Waals surface area contributed by atoms with Gasteiger partial charge in [-0.15, -0.1) is 0 Å². The first-order valence-electron chi connectivity index (χ1n) is 8.44. The van der Waals surface area contributed by atoms with Crippen molar-refractivity contribution in [3.63, 3.8) is 0 Å². The van der Waals surface area contributed by atoms with Crippen molar-refractivity contribution >= 4 is 21.4 Å². The molecule has 0 atom stereocenters. The molecule has 0 amide bonds. The Bertz CT molecular complexity index is 818. The van der Waals surface area contributed by atoms with Crippen molar-refractivity contribution in [3.05, 3.63) is 42.5 Å². The molecule has 0 heterocycles. The highest BCUT2D eigenvalue weighted by Crippen LogP contribution is 2.29. The number of rotatable bonds is 9. The lowest BCUT2D eigenvalue weighted by atomic mass is 10.1. The van der Waals surface area contributed by atoms with E-state index >= 15 is 0 Å². The smallest absolute Gasteiger partial charge is 0.265 e. The summed E-state index contributed by atoms with van der Waals surface area (Å²) in [5.41, 5.74) is 1.43. The average Bonchev–Trinajstić information content (AvgIpc) is 2.62. The van der Waals surface area contributed by atoms with Gasteiger partial charge < -0.3 is 14.8 Å². The Labute approximate surface area is 155 Å². The molecule has 0 saturated heterocycles. The molecule has 0 aliphatic carbocycles. The summed E-state index contributed by atoms with van der Waals surface area (Å²) in [7, 11) is -0.893. The van der Waals surface area contributed by atoms with E-state index in [-0.39, 0.29) is 10.6 Å². The van der Waals surface area contributed by atoms with Gasteiger partial charge >= 0.3 is 0 Å². The zero-order valence-corrected chi connectivity index (χ0v) is 16.4. The number of nitrogens with one attached hydrogen (secondary N) is 2. The predicted molar refractivity (Wildman–Crippen MR) is 105 cm³/mol. The Morgan fingerprint density at radius 1 is 0.962 bits per heavy atom. The van der Waals surface area contributed by atoms with E-state index in [1.165, 1.54) is 20.3 Å². The van der Waals surface area contributed by atoms with Gasteiger partial charge in [-0.05, 0) is 48.7 Å². The Hall–Kier alpha value is -2.41. The van der Waals surface area contributed by atoms with Gasteiger partial charge in [-0.2, -0.15) is 0 Å². The highest BCUT2D eigenvalue weighted by Gasteiger charge is 2.20. The molecule has 142 valence electrons. The van der Waals surface area contributed by atoms with Crippen LogP contribution in [0.25, 0.3) is 0 Å². The summed E-state index contributed by atoms with van der Waals surface area (Å²) in [6, 6.07) is 11.8. The summed E-state index contributed by atoms with van der Waals surface area (Å²) in [5, 5.41) is 3.32. The van der Waals surface area contributed by atoms with Crippen molar-refractivity contribution in [2.45, 2.75) is 25.2 Å². The van der Waals surface area contributed by atoms with Gasteiger partial charge in [0.25, 0.3) is 10.0 Å². The molecule has 0 saturated carbocycles. The number of anilines is 2. The van der Waals surface area contributed by atoms with Gasteiger partial charge in [0.2, 0.25) is 0 Å². The van der Waals surface area contributed by atoms with Crippen LogP contribution in [0.1, 0.15) is 20.3 Å². The molecule has 0 bridgehead atoms. The molecule has 26 heavy (non-hydrogen) atoms. The van der Waals surface area contributed by atoms with Gasteiger partial charge in [0.1, 0.15) is 16.4 Å². The molecule has 0 aromatic heterocycles. The van der Waals surface area contributed by atoms with Crippen LogP contribution < -0.4 is 19.5 Å². The van der Waals surface area contributed by atoms with Gasteiger partial charge in [-0.3, -0.25) is 4.72 Å². The van der Waals surface area contributed by atoms with Gasteiger partial charge in [-0.25, -0.2) is 8.42 Å². The second-order valence-electron chi connectivity index (χ2n) is 6.31. The molecule has 0 fully saturated rings. The molecule has 2 rings (SSSR count). The van der Waals surface area contributed by atoms with Gasteiger partial charge in [-0.1, -0.05) is 13.8 Å². The molecular weight excluding hydrogens is 352 g/mol. The molecule has 0 aliphatic heterocycles. The summed E-state index contributed by atoms with van der Waals surface area (Å²) in [5.74, 6) is 1.33. The maximum Gasteiger partial charge on any atom is 0.265 e. The summed E-state index contributed by atoms with van der Waals surface area (Å²) in [6.45, 7) is 5.22. The Morgan fingerprint density at radius 3 is 2.19 bits per heavy atom. The molecule has 0 radical (unpaired) electrons. The summed E-state index contributed by atoms with van der Waals surface area (Å²) < 4.78 is 38.3. The van der Waals surface area contributed by atoms with Crippen molar-refractivity contribution in [1.29, 1.82) is 0 Å². The fourth-order valence-electron chi connectivity index (χ4n) is 2.37. The van der Waals surface area contributed by atoms with Crippen LogP contribution in [0.5, 0.6) is 11.5 Å². The first kappa shape index (κ1) is 19.9. The van der Waals surface area contributed by atoms with E-state index in [4.69, 9.17) is 9.47 Å². The van der Waals surface area contributed by atoms with Crippen LogP contribution in [-0.2, 0) is 10.0 Å². The van der Waals surface area contributed by atoms with E-state index < -0.39 is 10.0 Å². The molecule has 0 unspecified atom stereocenters. The number of hydrogen-bond donors (Lipinski definition) is 2. The maximum atomic E-state index is 12.7. The largest absolute Gasteiger partial charge is 0.497 e. The molecule has 2 aromatic carbocycles. The third-order valence-corrected chi connectivity index (χ3v) is 5.25. The van der Waals surface area contributed by atoms with Crippen molar-refractivity contribution in [2.24, 2.45) is 5.92 Å². The van der Waals surface area contributed by atoms with E-state index in [1.807, 2.05) is 12.1 Å². The summed E-state index contributed by atoms with van der Waals surface area (Å²) >= 11 is 0. The molecular formula is C19H26N2O4S. The van der Waals surface area contributed by atoms with Crippen molar-refractivity contribution in [3.8, 4) is 11.5 Å². The summed E-state index contributed by atoms with van der Waals surface area (Å²) in [4.78, 5) is 0.0264. The molecule has 0 aliphatic rings. The normalized spacial score (nSPS) is 11.3. The first-order chi connectivity index (χ1) is 12.4. The van der Waals surface area contributed by atoms with Crippen molar-refractivity contribution in [1.82, 2.24) is 0 Å². The Balaban J connectivity index is 2.14. The quantitative estimate of drug-likeness (QED) is 0.691. The SMILES string of the molecule is COc1ccc(OC)c(S(=O)(=O)Nc2ccc(NCCC(C)C)cc2)c1. The van der Waals surface area contributed by atoms with Gasteiger partial charge in [0.15, 0.2) is 0 Å². The van der Waals surface area contributed by atoms with Crippen LogP contribution in [-0.4, -0.2) is 29.2 Å². The fraction of sp³-hybridized carbons (Fsp3) is 0.368. The van der Waals surface area contributed by atoms with Gasteiger partial charge in [0.05, 0.1) is 14.2 Å². The first-order valence-corrected chi connectivity index (χ1v) is 9.93. The highest BCUT2D eigenvalue weighted by atomic mass is 32.2. The minimum Gasteiger partial charge on any atom is -0.497 e. The van der Waals surface area contributed by atoms with Crippen molar-refractivity contribution < 1.29 is 17.9 Å². The van der Waals surface area contributed by atoms with Crippen LogP contribution in [0.3, 0.4) is 0 Å². The number of benzene rings is 2. The van der Waals surface area contributed by atoms with Crippen LogP contribution in [0.15, 0.2) is 47.4 Å². The van der Waals surface area contributed by atoms with Crippen molar-refractivity contribution in [2.75, 3.05) is 30.8 Å². The number of methoxy groups -OCH3 is 2. The lowest BCUT2D eigenvalue weighted by molar-refractivity contribution is 0.392. The Kier molecular flexibility index (Phi) is 6.74. The monoisotopic (exact) mass is 378 g/mol. The van der Waals surface area contributed by atoms with E-state index in [0.717, 1.165) is 18.7 Å². The predicted octanol–water partition coefficient (Wildman–Crippen LogP) is 3.96. The van der Waals surface area contributed by atoms with Crippen LogP contribution >= 0.6 is 0 Å². The van der Waals surface area contributed by atoms with Crippen LogP contribution in [0.4, 0.5) is 11.4 Å². The average molecular weight is 378 g/mol. The molecule has 2 N–H and O–H groups in total. The second kappa shape index (κ2) is 8.80. The minimum atomic E-state index is -3.81. The highest BCUT2D eigenvalue weighted by molar-refractivity contribution is 7.92. The maximum absolute atomic E-state index is 12.7. The standard InChI is InChI=1S/C19H26N2O4S/c1-14(2)11-12-20-15-5-7-16(8-6-15)21-26(22,23)19-13-17(24-3)9-10-18(19)25-4/h5-10,13-14,20-21H,11-12H2,1-4H3. The zero-order valence-electron chi connectivity index (χ0n) is 15.6. The number of hydrogen-bond acceptors (Lipinski definition) is 5. The lowest BCUT2D eigenvalue weighted by Crippen LogP contribution is -2.14. The number of sulfonamides is 1.